The van der Waals surface area contributed by atoms with Crippen LogP contribution in [0.15, 0.2) is 12.3 Å². The van der Waals surface area contributed by atoms with Gasteiger partial charge in [0.2, 0.25) is 0 Å². The van der Waals surface area contributed by atoms with Gasteiger partial charge in [-0.1, -0.05) is 6.92 Å². The van der Waals surface area contributed by atoms with E-state index in [0.717, 1.165) is 13.0 Å². The molecule has 1 aromatic rings. The lowest BCUT2D eigenvalue weighted by Gasteiger charge is -2.33. The Morgan fingerprint density at radius 2 is 2.46 bits per heavy atom. The summed E-state index contributed by atoms with van der Waals surface area (Å²) in [6.07, 6.45) is 5.42. The Morgan fingerprint density at radius 1 is 1.62 bits per heavy atom. The van der Waals surface area contributed by atoms with Crippen molar-refractivity contribution in [3.05, 3.63) is 18.0 Å². The van der Waals surface area contributed by atoms with Crippen LogP contribution in [0.3, 0.4) is 0 Å². The summed E-state index contributed by atoms with van der Waals surface area (Å²) in [5.41, 5.74) is 7.27. The fraction of sp³-hybridized carbons (Fsp3) is 0.700. The molecule has 1 aliphatic rings. The molecule has 2 atom stereocenters. The zero-order valence-electron chi connectivity index (χ0n) is 8.11. The average molecular weight is 179 g/mol. The minimum absolute atomic E-state index is 0.368. The van der Waals surface area contributed by atoms with Crippen LogP contribution in [0.5, 0.6) is 0 Å². The Kier molecular flexibility index (Phi) is 2.36. The van der Waals surface area contributed by atoms with E-state index in [0.29, 0.717) is 12.0 Å². The predicted octanol–water partition coefficient (Wildman–Crippen LogP) is 1.50. The maximum absolute atomic E-state index is 5.94. The van der Waals surface area contributed by atoms with Gasteiger partial charge in [-0.2, -0.15) is 5.10 Å². The number of rotatable bonds is 3. The molecule has 0 aromatic carbocycles. The van der Waals surface area contributed by atoms with Crippen molar-refractivity contribution in [2.45, 2.75) is 44.7 Å². The maximum atomic E-state index is 5.94. The Hall–Kier alpha value is -0.830. The first kappa shape index (κ1) is 8.75. The third-order valence-corrected chi connectivity index (χ3v) is 2.89. The van der Waals surface area contributed by atoms with Crippen LogP contribution in [0, 0.1) is 0 Å². The number of hydrogen-bond donors (Lipinski definition) is 1. The molecule has 1 aliphatic carbocycles. The molecule has 0 amide bonds. The van der Waals surface area contributed by atoms with Crippen molar-refractivity contribution < 1.29 is 0 Å². The maximum Gasteiger partial charge on any atom is 0.0492 e. The number of aryl methyl sites for hydroxylation is 1. The first-order valence-corrected chi connectivity index (χ1v) is 5.10. The number of nitrogens with zero attached hydrogens (tertiary/aromatic N) is 2. The highest BCUT2D eigenvalue weighted by Crippen LogP contribution is 2.35. The lowest BCUT2D eigenvalue weighted by molar-refractivity contribution is 0.325. The number of nitrogens with two attached hydrogens (primary N) is 1. The molecule has 1 saturated carbocycles. The minimum Gasteiger partial charge on any atom is -0.327 e. The van der Waals surface area contributed by atoms with Crippen molar-refractivity contribution in [2.24, 2.45) is 5.73 Å². The highest BCUT2D eigenvalue weighted by Gasteiger charge is 2.30. The third kappa shape index (κ3) is 1.48. The molecule has 13 heavy (non-hydrogen) atoms. The summed E-state index contributed by atoms with van der Waals surface area (Å²) >= 11 is 0. The second kappa shape index (κ2) is 3.50. The van der Waals surface area contributed by atoms with Gasteiger partial charge in [-0.05, 0) is 25.3 Å². The first-order valence-electron chi connectivity index (χ1n) is 5.10. The lowest BCUT2D eigenvalue weighted by atomic mass is 9.78. The van der Waals surface area contributed by atoms with Gasteiger partial charge in [0.05, 0.1) is 0 Å². The topological polar surface area (TPSA) is 43.8 Å². The molecule has 1 aromatic heterocycles. The van der Waals surface area contributed by atoms with Crippen LogP contribution in [0.1, 0.15) is 37.8 Å². The highest BCUT2D eigenvalue weighted by molar-refractivity contribution is 5.15. The normalized spacial score (nSPS) is 27.2. The summed E-state index contributed by atoms with van der Waals surface area (Å²) in [4.78, 5) is 0. The van der Waals surface area contributed by atoms with Gasteiger partial charge < -0.3 is 5.73 Å². The van der Waals surface area contributed by atoms with E-state index in [9.17, 15) is 0 Å². The van der Waals surface area contributed by atoms with Crippen molar-refractivity contribution in [3.63, 3.8) is 0 Å². The summed E-state index contributed by atoms with van der Waals surface area (Å²) in [6.45, 7) is 3.19. The highest BCUT2D eigenvalue weighted by atomic mass is 15.3. The van der Waals surface area contributed by atoms with Gasteiger partial charge in [0.1, 0.15) is 0 Å². The Balaban J connectivity index is 2.14. The molecule has 0 radical (unpaired) electrons. The summed E-state index contributed by atoms with van der Waals surface area (Å²) < 4.78 is 2.10. The van der Waals surface area contributed by atoms with Crippen molar-refractivity contribution >= 4 is 0 Å². The van der Waals surface area contributed by atoms with Gasteiger partial charge in [-0.15, -0.1) is 0 Å². The van der Waals surface area contributed by atoms with Gasteiger partial charge >= 0.3 is 0 Å². The number of hydrogen-bond acceptors (Lipinski definition) is 2. The van der Waals surface area contributed by atoms with E-state index in [4.69, 9.17) is 5.73 Å². The van der Waals surface area contributed by atoms with E-state index in [1.807, 2.05) is 6.20 Å². The monoisotopic (exact) mass is 179 g/mol. The van der Waals surface area contributed by atoms with Gasteiger partial charge in [-0.3, -0.25) is 4.68 Å². The van der Waals surface area contributed by atoms with Crippen LogP contribution in [-0.4, -0.2) is 15.8 Å². The zero-order valence-corrected chi connectivity index (χ0v) is 8.11. The SMILES string of the molecule is CCCn1nccc1C1CCC1N. The Labute approximate surface area is 78.9 Å². The molecule has 0 aliphatic heterocycles. The van der Waals surface area contributed by atoms with Gasteiger partial charge in [0, 0.05) is 30.4 Å². The summed E-state index contributed by atoms with van der Waals surface area (Å²) in [6, 6.07) is 2.48. The molecule has 3 nitrogen and oxygen atoms in total. The van der Waals surface area contributed by atoms with Crippen molar-refractivity contribution in [3.8, 4) is 0 Å². The van der Waals surface area contributed by atoms with Crippen LogP contribution in [-0.2, 0) is 6.54 Å². The number of aromatic nitrogens is 2. The first-order chi connectivity index (χ1) is 6.33. The molecule has 2 rings (SSSR count). The van der Waals surface area contributed by atoms with E-state index in [1.165, 1.54) is 18.5 Å². The molecule has 1 heterocycles. The Morgan fingerprint density at radius 3 is 3.00 bits per heavy atom. The summed E-state index contributed by atoms with van der Waals surface area (Å²) in [7, 11) is 0. The molecule has 0 bridgehead atoms. The fourth-order valence-electron chi connectivity index (χ4n) is 1.95. The summed E-state index contributed by atoms with van der Waals surface area (Å²) in [5.74, 6) is 0.564. The Bertz CT molecular complexity index is 279. The van der Waals surface area contributed by atoms with Crippen molar-refractivity contribution in [1.29, 1.82) is 0 Å². The van der Waals surface area contributed by atoms with Gasteiger partial charge in [-0.25, -0.2) is 0 Å². The van der Waals surface area contributed by atoms with Gasteiger partial charge in [0.15, 0.2) is 0 Å². The zero-order chi connectivity index (χ0) is 9.26. The smallest absolute Gasteiger partial charge is 0.0492 e. The lowest BCUT2D eigenvalue weighted by Crippen LogP contribution is -2.38. The largest absolute Gasteiger partial charge is 0.327 e. The molecule has 0 saturated heterocycles. The molecule has 0 spiro atoms. The molecule has 2 N–H and O–H groups in total. The molecule has 2 unspecified atom stereocenters. The van der Waals surface area contributed by atoms with E-state index >= 15 is 0 Å². The quantitative estimate of drug-likeness (QED) is 0.764. The molecular formula is C10H17N3. The van der Waals surface area contributed by atoms with E-state index < -0.39 is 0 Å². The van der Waals surface area contributed by atoms with E-state index in [2.05, 4.69) is 22.8 Å². The van der Waals surface area contributed by atoms with E-state index in [-0.39, 0.29) is 0 Å². The van der Waals surface area contributed by atoms with Gasteiger partial charge in [0.25, 0.3) is 0 Å². The second-order valence-corrected chi connectivity index (χ2v) is 3.83. The molecule has 3 heteroatoms. The van der Waals surface area contributed by atoms with Crippen LogP contribution in [0.2, 0.25) is 0 Å². The van der Waals surface area contributed by atoms with Crippen LogP contribution < -0.4 is 5.73 Å². The van der Waals surface area contributed by atoms with Crippen molar-refractivity contribution in [1.82, 2.24) is 9.78 Å². The molecular weight excluding hydrogens is 162 g/mol. The summed E-state index contributed by atoms with van der Waals surface area (Å²) in [5, 5.41) is 4.30. The van der Waals surface area contributed by atoms with Crippen molar-refractivity contribution in [2.75, 3.05) is 0 Å². The third-order valence-electron chi connectivity index (χ3n) is 2.89. The van der Waals surface area contributed by atoms with E-state index in [1.54, 1.807) is 0 Å². The van der Waals surface area contributed by atoms with Crippen LogP contribution in [0.25, 0.3) is 0 Å². The molecule has 72 valence electrons. The standard InChI is InChI=1S/C10H17N3/c1-2-7-13-10(5-6-12-13)8-3-4-9(8)11/h5-6,8-9H,2-4,7,11H2,1H3. The molecule has 1 fully saturated rings. The van der Waals surface area contributed by atoms with Crippen LogP contribution >= 0.6 is 0 Å². The average Bonchev–Trinajstić information content (AvgIpc) is 2.52. The fourth-order valence-corrected chi connectivity index (χ4v) is 1.95. The second-order valence-electron chi connectivity index (χ2n) is 3.83. The van der Waals surface area contributed by atoms with Crippen LogP contribution in [0.4, 0.5) is 0 Å². The predicted molar refractivity (Wildman–Crippen MR) is 52.5 cm³/mol. The minimum atomic E-state index is 0.368.